The fraction of sp³-hybridized carbons (Fsp3) is 0. The monoisotopic (exact) mass is 597 g/mol. The lowest BCUT2D eigenvalue weighted by Crippen LogP contribution is -1.98. The van der Waals surface area contributed by atoms with E-state index in [1.807, 2.05) is 48.5 Å². The highest BCUT2D eigenvalue weighted by molar-refractivity contribution is 6.25. The Morgan fingerprint density at radius 3 is 1.81 bits per heavy atom. The van der Waals surface area contributed by atoms with Gasteiger partial charge < -0.3 is 4.74 Å². The molecule has 0 atom stereocenters. The molecule has 0 unspecified atom stereocenters. The minimum Gasteiger partial charge on any atom is -0.456 e. The number of nitriles is 1. The molecule has 0 spiro atoms. The van der Waals surface area contributed by atoms with Gasteiger partial charge in [-0.05, 0) is 127 Å². The summed E-state index contributed by atoms with van der Waals surface area (Å²) in [4.78, 5) is 9.16. The van der Waals surface area contributed by atoms with Crippen molar-refractivity contribution in [1.82, 2.24) is 9.97 Å². The molecule has 9 aromatic rings. The van der Waals surface area contributed by atoms with Crippen molar-refractivity contribution in [3.05, 3.63) is 145 Å². The van der Waals surface area contributed by atoms with Gasteiger partial charge in [-0.15, -0.1) is 0 Å². The molecule has 7 aromatic carbocycles. The Bertz CT molecular complexity index is 2710. The SMILES string of the molecule is N#Cc1ccc2c(c1)Oc1cccc3c(-c4cc5ccc6cc(-c7cccc(-c8ccncc8)n7)cc7ccc(c4)c5c67)ccc-2c13. The van der Waals surface area contributed by atoms with Crippen molar-refractivity contribution in [2.45, 2.75) is 0 Å². The summed E-state index contributed by atoms with van der Waals surface area (Å²) in [5, 5.41) is 19.1. The van der Waals surface area contributed by atoms with E-state index in [9.17, 15) is 5.26 Å². The third-order valence-corrected chi connectivity index (χ3v) is 9.49. The van der Waals surface area contributed by atoms with Crippen molar-refractivity contribution in [2.75, 3.05) is 0 Å². The van der Waals surface area contributed by atoms with E-state index in [0.717, 1.165) is 55.9 Å². The zero-order valence-electron chi connectivity index (χ0n) is 25.0. The summed E-state index contributed by atoms with van der Waals surface area (Å²) >= 11 is 0. The van der Waals surface area contributed by atoms with Crippen LogP contribution in [-0.2, 0) is 0 Å². The standard InChI is InChI=1S/C43H23N3O/c44-24-25-7-12-34-36-14-13-33(35-3-1-6-39(43(35)36)47-40(34)19-25)31-20-27-8-10-29-22-32(23-30-11-9-28(21-31)41(27)42(29)30)38-5-2-4-37(46-38)26-15-17-45-18-16-26/h1-23H. The molecule has 4 heteroatoms. The molecule has 1 aliphatic rings. The van der Waals surface area contributed by atoms with Crippen LogP contribution in [0.25, 0.3) is 87.9 Å². The summed E-state index contributed by atoms with van der Waals surface area (Å²) in [7, 11) is 0. The highest BCUT2D eigenvalue weighted by Gasteiger charge is 2.22. The third-order valence-electron chi connectivity index (χ3n) is 9.49. The van der Waals surface area contributed by atoms with E-state index < -0.39 is 0 Å². The van der Waals surface area contributed by atoms with Gasteiger partial charge in [0.15, 0.2) is 0 Å². The first-order valence-electron chi connectivity index (χ1n) is 15.6. The topological polar surface area (TPSA) is 58.8 Å². The molecule has 47 heavy (non-hydrogen) atoms. The number of aromatic nitrogens is 2. The number of pyridine rings is 2. The largest absolute Gasteiger partial charge is 0.456 e. The highest BCUT2D eigenvalue weighted by atomic mass is 16.5. The van der Waals surface area contributed by atoms with Crippen molar-refractivity contribution < 1.29 is 4.74 Å². The van der Waals surface area contributed by atoms with Crippen LogP contribution in [-0.4, -0.2) is 9.97 Å². The number of rotatable bonds is 3. The van der Waals surface area contributed by atoms with Crippen LogP contribution >= 0.6 is 0 Å². The number of fused-ring (bicyclic) bond motifs is 2. The maximum atomic E-state index is 9.42. The van der Waals surface area contributed by atoms with Gasteiger partial charge in [-0.2, -0.15) is 5.26 Å². The summed E-state index contributed by atoms with van der Waals surface area (Å²) in [6.07, 6.45) is 3.60. The van der Waals surface area contributed by atoms with Crippen LogP contribution < -0.4 is 4.74 Å². The van der Waals surface area contributed by atoms with Crippen LogP contribution in [0.4, 0.5) is 0 Å². The number of nitrogens with zero attached hydrogens (tertiary/aromatic N) is 3. The van der Waals surface area contributed by atoms with Gasteiger partial charge in [0, 0.05) is 34.5 Å². The fourth-order valence-corrected chi connectivity index (χ4v) is 7.37. The van der Waals surface area contributed by atoms with Gasteiger partial charge in [-0.25, -0.2) is 4.98 Å². The van der Waals surface area contributed by atoms with E-state index in [-0.39, 0.29) is 0 Å². The molecule has 0 N–H and O–H groups in total. The van der Waals surface area contributed by atoms with Gasteiger partial charge in [0.1, 0.15) is 11.5 Å². The quantitative estimate of drug-likeness (QED) is 0.190. The lowest BCUT2D eigenvalue weighted by Gasteiger charge is -2.23. The first kappa shape index (κ1) is 25.7. The maximum Gasteiger partial charge on any atom is 0.136 e. The Morgan fingerprint density at radius 1 is 0.489 bits per heavy atom. The van der Waals surface area contributed by atoms with Crippen LogP contribution in [0.5, 0.6) is 11.5 Å². The van der Waals surface area contributed by atoms with Crippen LogP contribution in [0.15, 0.2) is 140 Å². The molecule has 0 aliphatic carbocycles. The lowest BCUT2D eigenvalue weighted by molar-refractivity contribution is 0.487. The second-order valence-electron chi connectivity index (χ2n) is 12.1. The summed E-state index contributed by atoms with van der Waals surface area (Å²) < 4.78 is 6.36. The number of hydrogen-bond acceptors (Lipinski definition) is 4. The Balaban J connectivity index is 1.11. The second-order valence-corrected chi connectivity index (χ2v) is 12.1. The van der Waals surface area contributed by atoms with E-state index in [0.29, 0.717) is 5.56 Å². The molecule has 2 aromatic heterocycles. The first-order chi connectivity index (χ1) is 23.2. The van der Waals surface area contributed by atoms with E-state index in [2.05, 4.69) is 89.9 Å². The molecular formula is C43H23N3O. The maximum absolute atomic E-state index is 9.42. The molecule has 3 heterocycles. The third kappa shape index (κ3) is 3.87. The summed E-state index contributed by atoms with van der Waals surface area (Å²) in [6, 6.07) is 46.8. The van der Waals surface area contributed by atoms with Crippen LogP contribution in [0, 0.1) is 11.3 Å². The number of benzene rings is 7. The Labute approximate surface area is 270 Å². The van der Waals surface area contributed by atoms with Crippen LogP contribution in [0.2, 0.25) is 0 Å². The molecule has 1 aliphatic heterocycles. The van der Waals surface area contributed by atoms with Crippen molar-refractivity contribution in [2.24, 2.45) is 0 Å². The lowest BCUT2D eigenvalue weighted by atomic mass is 9.87. The Kier molecular flexibility index (Phi) is 5.32. The minimum atomic E-state index is 0.591. The number of ether oxygens (including phenoxy) is 1. The van der Waals surface area contributed by atoms with Crippen molar-refractivity contribution in [1.29, 1.82) is 5.26 Å². The first-order valence-corrected chi connectivity index (χ1v) is 15.6. The van der Waals surface area contributed by atoms with Gasteiger partial charge in [0.05, 0.1) is 23.0 Å². The summed E-state index contributed by atoms with van der Waals surface area (Å²) in [5.41, 5.74) is 9.10. The van der Waals surface area contributed by atoms with Crippen LogP contribution in [0.3, 0.4) is 0 Å². The molecule has 0 saturated carbocycles. The van der Waals surface area contributed by atoms with E-state index in [1.54, 1.807) is 12.4 Å². The molecule has 0 fully saturated rings. The molecule has 0 amide bonds. The van der Waals surface area contributed by atoms with E-state index in [1.165, 1.54) is 43.4 Å². The molecule has 4 nitrogen and oxygen atoms in total. The van der Waals surface area contributed by atoms with E-state index in [4.69, 9.17) is 9.72 Å². The molecule has 216 valence electrons. The van der Waals surface area contributed by atoms with Crippen LogP contribution in [0.1, 0.15) is 5.56 Å². The molecule has 0 bridgehead atoms. The predicted molar refractivity (Wildman–Crippen MR) is 190 cm³/mol. The fourth-order valence-electron chi connectivity index (χ4n) is 7.37. The zero-order chi connectivity index (χ0) is 31.1. The predicted octanol–water partition coefficient (Wildman–Crippen LogP) is 11.2. The van der Waals surface area contributed by atoms with Gasteiger partial charge in [0.25, 0.3) is 0 Å². The van der Waals surface area contributed by atoms with Gasteiger partial charge in [-0.3, -0.25) is 4.98 Å². The van der Waals surface area contributed by atoms with Gasteiger partial charge >= 0.3 is 0 Å². The molecule has 0 saturated heterocycles. The summed E-state index contributed by atoms with van der Waals surface area (Å²) in [6.45, 7) is 0. The van der Waals surface area contributed by atoms with E-state index >= 15 is 0 Å². The number of hydrogen-bond donors (Lipinski definition) is 0. The molecule has 10 rings (SSSR count). The average molecular weight is 598 g/mol. The minimum absolute atomic E-state index is 0.591. The van der Waals surface area contributed by atoms with Crippen molar-refractivity contribution >= 4 is 43.1 Å². The molecule has 0 radical (unpaired) electrons. The Hall–Kier alpha value is -6.57. The zero-order valence-corrected chi connectivity index (χ0v) is 25.0. The van der Waals surface area contributed by atoms with Crippen molar-refractivity contribution in [3.8, 4) is 62.3 Å². The smallest absolute Gasteiger partial charge is 0.136 e. The molecular weight excluding hydrogens is 574 g/mol. The van der Waals surface area contributed by atoms with Crippen molar-refractivity contribution in [3.63, 3.8) is 0 Å². The summed E-state index contributed by atoms with van der Waals surface area (Å²) in [5.74, 6) is 1.54. The second kappa shape index (κ2) is 9.71. The average Bonchev–Trinajstić information content (AvgIpc) is 3.13. The highest BCUT2D eigenvalue weighted by Crippen LogP contribution is 2.49. The van der Waals surface area contributed by atoms with Gasteiger partial charge in [0.2, 0.25) is 0 Å². The normalized spacial score (nSPS) is 12.0. The van der Waals surface area contributed by atoms with Gasteiger partial charge in [-0.1, -0.05) is 54.6 Å². The Morgan fingerprint density at radius 2 is 1.11 bits per heavy atom.